The van der Waals surface area contributed by atoms with E-state index in [-0.39, 0.29) is 18.1 Å². The summed E-state index contributed by atoms with van der Waals surface area (Å²) in [6.07, 6.45) is 3.19. The third kappa shape index (κ3) is 3.12. The molecule has 0 aliphatic heterocycles. The van der Waals surface area contributed by atoms with Gasteiger partial charge in [0.05, 0.1) is 7.11 Å². The lowest BCUT2D eigenvalue weighted by Crippen LogP contribution is -2.34. The second kappa shape index (κ2) is 6.53. The number of hydrogen-bond acceptors (Lipinski definition) is 5. The van der Waals surface area contributed by atoms with Crippen LogP contribution in [0.2, 0.25) is 0 Å². The van der Waals surface area contributed by atoms with Gasteiger partial charge in [-0.05, 0) is 24.6 Å². The number of aryl methyl sites for hydroxylation is 1. The van der Waals surface area contributed by atoms with Crippen molar-refractivity contribution >= 4 is 11.6 Å². The number of nitrogens with one attached hydrogen (secondary N) is 1. The van der Waals surface area contributed by atoms with E-state index in [1.54, 1.807) is 24.6 Å². The molecule has 3 aromatic rings. The minimum absolute atomic E-state index is 0.160. The molecule has 124 valence electrons. The minimum Gasteiger partial charge on any atom is -0.497 e. The van der Waals surface area contributed by atoms with Gasteiger partial charge < -0.3 is 10.1 Å². The van der Waals surface area contributed by atoms with Gasteiger partial charge in [0.1, 0.15) is 18.1 Å². The fourth-order valence-corrected chi connectivity index (χ4v) is 2.39. The van der Waals surface area contributed by atoms with Crippen molar-refractivity contribution in [1.29, 1.82) is 0 Å². The third-order valence-corrected chi connectivity index (χ3v) is 3.60. The van der Waals surface area contributed by atoms with Crippen molar-refractivity contribution in [2.75, 3.05) is 7.11 Å². The molecule has 1 N–H and O–H groups in total. The summed E-state index contributed by atoms with van der Waals surface area (Å²) < 4.78 is 7.86. The molecular weight excluding hydrogens is 310 g/mol. The van der Waals surface area contributed by atoms with Crippen LogP contribution in [0.3, 0.4) is 0 Å². The topological polar surface area (TPSA) is 90.5 Å². The van der Waals surface area contributed by atoms with Crippen LogP contribution in [0.4, 0.5) is 0 Å². The Morgan fingerprint density at radius 3 is 3.00 bits per heavy atom. The van der Waals surface area contributed by atoms with E-state index in [1.165, 1.54) is 6.20 Å². The first-order valence-corrected chi connectivity index (χ1v) is 7.39. The summed E-state index contributed by atoms with van der Waals surface area (Å²) >= 11 is 0. The first-order chi connectivity index (χ1) is 11.6. The Balaban J connectivity index is 1.71. The molecular formula is C16H17N5O3. The van der Waals surface area contributed by atoms with E-state index >= 15 is 0 Å². The number of hydrogen-bond donors (Lipinski definition) is 1. The van der Waals surface area contributed by atoms with E-state index < -0.39 is 5.56 Å². The molecule has 0 aliphatic carbocycles. The molecule has 1 aromatic carbocycles. The molecule has 1 amide bonds. The van der Waals surface area contributed by atoms with E-state index in [1.807, 2.05) is 24.3 Å². The number of ether oxygens (including phenoxy) is 1. The number of nitrogens with zero attached hydrogens (tertiary/aromatic N) is 4. The van der Waals surface area contributed by atoms with Crippen molar-refractivity contribution in [3.63, 3.8) is 0 Å². The largest absolute Gasteiger partial charge is 0.497 e. The van der Waals surface area contributed by atoms with Gasteiger partial charge in [-0.3, -0.25) is 14.0 Å². The lowest BCUT2D eigenvalue weighted by Gasteiger charge is -2.09. The number of fused-ring (bicyclic) bond motifs is 1. The lowest BCUT2D eigenvalue weighted by molar-refractivity contribution is -0.122. The zero-order chi connectivity index (χ0) is 17.1. The van der Waals surface area contributed by atoms with Gasteiger partial charge in [0.15, 0.2) is 0 Å². The van der Waals surface area contributed by atoms with Gasteiger partial charge in [-0.15, -0.1) is 0 Å². The standard InChI is InChI=1S/C16H17N5O3/c1-11-19-21(16(23)15-17-6-7-20(11)15)10-14(22)18-9-12-4-3-5-13(8-12)24-2/h3-8H,9-10H2,1-2H3,(H,18,22). The number of benzene rings is 1. The SMILES string of the molecule is COc1cccc(CNC(=O)Cn2nc(C)n3ccnc3c2=O)c1. The van der Waals surface area contributed by atoms with Crippen LogP contribution in [0, 0.1) is 6.92 Å². The quantitative estimate of drug-likeness (QED) is 0.738. The zero-order valence-corrected chi connectivity index (χ0v) is 13.4. The van der Waals surface area contributed by atoms with Crippen LogP contribution in [-0.2, 0) is 17.9 Å². The van der Waals surface area contributed by atoms with Crippen molar-refractivity contribution in [3.05, 3.63) is 58.4 Å². The van der Waals surface area contributed by atoms with E-state index in [0.29, 0.717) is 12.4 Å². The van der Waals surface area contributed by atoms with Crippen LogP contribution in [0.15, 0.2) is 41.5 Å². The molecule has 0 aliphatic rings. The summed E-state index contributed by atoms with van der Waals surface area (Å²) in [4.78, 5) is 28.4. The number of imidazole rings is 1. The summed E-state index contributed by atoms with van der Waals surface area (Å²) in [5, 5.41) is 6.91. The van der Waals surface area contributed by atoms with E-state index in [9.17, 15) is 9.59 Å². The summed E-state index contributed by atoms with van der Waals surface area (Å²) in [7, 11) is 1.59. The number of carbonyl (C=O) groups excluding carboxylic acids is 1. The molecule has 0 spiro atoms. The molecule has 0 radical (unpaired) electrons. The fraction of sp³-hybridized carbons (Fsp3) is 0.250. The molecule has 0 bridgehead atoms. The Morgan fingerprint density at radius 2 is 2.21 bits per heavy atom. The van der Waals surface area contributed by atoms with Crippen molar-refractivity contribution in [1.82, 2.24) is 24.5 Å². The third-order valence-electron chi connectivity index (χ3n) is 3.60. The molecule has 8 heteroatoms. The van der Waals surface area contributed by atoms with Gasteiger partial charge in [0.2, 0.25) is 11.6 Å². The first-order valence-electron chi connectivity index (χ1n) is 7.39. The zero-order valence-electron chi connectivity index (χ0n) is 13.4. The Labute approximate surface area is 137 Å². The Kier molecular flexibility index (Phi) is 4.28. The molecule has 2 aromatic heterocycles. The van der Waals surface area contributed by atoms with Crippen LogP contribution < -0.4 is 15.6 Å². The second-order valence-electron chi connectivity index (χ2n) is 5.26. The number of rotatable bonds is 5. The van der Waals surface area contributed by atoms with Crippen molar-refractivity contribution in [2.45, 2.75) is 20.0 Å². The Bertz CT molecular complexity index is 944. The molecule has 8 nitrogen and oxygen atoms in total. The second-order valence-corrected chi connectivity index (χ2v) is 5.26. The molecule has 2 heterocycles. The summed E-state index contributed by atoms with van der Waals surface area (Å²) in [6, 6.07) is 7.40. The van der Waals surface area contributed by atoms with Gasteiger partial charge in [-0.2, -0.15) is 5.10 Å². The van der Waals surface area contributed by atoms with E-state index in [0.717, 1.165) is 16.0 Å². The molecule has 24 heavy (non-hydrogen) atoms. The maximum atomic E-state index is 12.3. The van der Waals surface area contributed by atoms with Gasteiger partial charge >= 0.3 is 5.56 Å². The summed E-state index contributed by atoms with van der Waals surface area (Å²) in [5.74, 6) is 1.01. The summed E-state index contributed by atoms with van der Waals surface area (Å²) in [5.41, 5.74) is 0.758. The number of aromatic nitrogens is 4. The molecule has 0 atom stereocenters. The monoisotopic (exact) mass is 327 g/mol. The Morgan fingerprint density at radius 1 is 1.38 bits per heavy atom. The van der Waals surface area contributed by atoms with E-state index in [2.05, 4.69) is 15.4 Å². The number of amides is 1. The lowest BCUT2D eigenvalue weighted by atomic mass is 10.2. The first kappa shape index (κ1) is 15.7. The maximum absolute atomic E-state index is 12.3. The van der Waals surface area contributed by atoms with Crippen molar-refractivity contribution in [2.24, 2.45) is 0 Å². The molecule has 0 saturated heterocycles. The average Bonchev–Trinajstić information content (AvgIpc) is 3.08. The van der Waals surface area contributed by atoms with Crippen LogP contribution in [0.5, 0.6) is 5.75 Å². The average molecular weight is 327 g/mol. The number of methoxy groups -OCH3 is 1. The highest BCUT2D eigenvalue weighted by molar-refractivity contribution is 5.75. The maximum Gasteiger partial charge on any atom is 0.310 e. The highest BCUT2D eigenvalue weighted by Crippen LogP contribution is 2.12. The van der Waals surface area contributed by atoms with Crippen LogP contribution in [-0.4, -0.2) is 32.2 Å². The summed E-state index contributed by atoms with van der Waals surface area (Å²) in [6.45, 7) is 1.93. The normalized spacial score (nSPS) is 10.8. The van der Waals surface area contributed by atoms with E-state index in [4.69, 9.17) is 4.74 Å². The van der Waals surface area contributed by atoms with Gasteiger partial charge in [-0.25, -0.2) is 9.67 Å². The molecule has 0 fully saturated rings. The van der Waals surface area contributed by atoms with Crippen LogP contribution in [0.25, 0.3) is 5.65 Å². The van der Waals surface area contributed by atoms with Crippen LogP contribution >= 0.6 is 0 Å². The predicted molar refractivity (Wildman–Crippen MR) is 86.8 cm³/mol. The fourth-order valence-electron chi connectivity index (χ4n) is 2.39. The highest BCUT2D eigenvalue weighted by Gasteiger charge is 2.11. The van der Waals surface area contributed by atoms with Gasteiger partial charge in [0, 0.05) is 18.9 Å². The van der Waals surface area contributed by atoms with Crippen molar-refractivity contribution < 1.29 is 9.53 Å². The smallest absolute Gasteiger partial charge is 0.310 e. The van der Waals surface area contributed by atoms with Gasteiger partial charge in [-0.1, -0.05) is 12.1 Å². The molecule has 0 unspecified atom stereocenters. The molecule has 3 rings (SSSR count). The minimum atomic E-state index is -0.401. The number of carbonyl (C=O) groups is 1. The van der Waals surface area contributed by atoms with Crippen LogP contribution in [0.1, 0.15) is 11.4 Å². The van der Waals surface area contributed by atoms with Crippen molar-refractivity contribution in [3.8, 4) is 5.75 Å². The highest BCUT2D eigenvalue weighted by atomic mass is 16.5. The molecule has 0 saturated carbocycles. The Hall–Kier alpha value is -3.16. The predicted octanol–water partition coefficient (Wildman–Crippen LogP) is 0.524. The van der Waals surface area contributed by atoms with Gasteiger partial charge in [0.25, 0.3) is 0 Å².